The number of carboxylic acid groups (broad SMARTS) is 1. The fourth-order valence-corrected chi connectivity index (χ4v) is 5.49. The fourth-order valence-electron chi connectivity index (χ4n) is 5.49. The molecule has 3 N–H and O–H groups in total. The first kappa shape index (κ1) is 35.4. The number of aromatic nitrogens is 4. The molecule has 16 nitrogen and oxygen atoms in total. The predicted molar refractivity (Wildman–Crippen MR) is 175 cm³/mol. The van der Waals surface area contributed by atoms with Crippen LogP contribution in [0.25, 0.3) is 9.69 Å². The van der Waals surface area contributed by atoms with E-state index in [2.05, 4.69) is 29.6 Å². The molecule has 0 fully saturated rings. The van der Waals surface area contributed by atoms with Gasteiger partial charge in [0.05, 0.1) is 44.1 Å². The average Bonchev–Trinajstić information content (AvgIpc) is 3.56. The largest absolute Gasteiger partial charge is 0.492 e. The van der Waals surface area contributed by atoms with Crippen LogP contribution < -0.4 is 20.4 Å². The number of aliphatic carboxylic acids is 1. The van der Waals surface area contributed by atoms with Gasteiger partial charge < -0.3 is 48.4 Å². The summed E-state index contributed by atoms with van der Waals surface area (Å²) in [6, 6.07) is 6.70. The van der Waals surface area contributed by atoms with Gasteiger partial charge in [0, 0.05) is 0 Å². The van der Waals surface area contributed by atoms with Gasteiger partial charge in [-0.3, -0.25) is 9.59 Å². The number of rotatable bonds is 9. The number of nitrogens with zero attached hydrogens (tertiary/aromatic N) is 6. The first-order valence-electron chi connectivity index (χ1n) is 15.1. The smallest absolute Gasteiger partial charge is 0.481 e. The van der Waals surface area contributed by atoms with Crippen LogP contribution in [0.2, 0.25) is 0 Å². The summed E-state index contributed by atoms with van der Waals surface area (Å²) in [5.74, 6) is 0.245. The van der Waals surface area contributed by atoms with Crippen LogP contribution in [0.5, 0.6) is 23.3 Å². The zero-order valence-corrected chi connectivity index (χ0v) is 26.9. The third kappa shape index (κ3) is 8.20. The zero-order valence-electron chi connectivity index (χ0n) is 26.9. The van der Waals surface area contributed by atoms with Gasteiger partial charge in [0.25, 0.3) is 23.4 Å². The molecule has 2 aromatic carbocycles. The van der Waals surface area contributed by atoms with E-state index in [4.69, 9.17) is 41.8 Å². The normalized spacial score (nSPS) is 15.5. The van der Waals surface area contributed by atoms with E-state index in [1.165, 1.54) is 24.8 Å². The van der Waals surface area contributed by atoms with Gasteiger partial charge in [0.1, 0.15) is 11.5 Å². The number of carboxylic acids is 1. The lowest BCUT2D eigenvalue weighted by atomic mass is 9.77. The van der Waals surface area contributed by atoms with Gasteiger partial charge in [0.2, 0.25) is 0 Å². The van der Waals surface area contributed by atoms with Gasteiger partial charge in [-0.25, -0.2) is 9.97 Å². The maximum absolute atomic E-state index is 11.7. The molecular formula is C32H28B2N6O10. The van der Waals surface area contributed by atoms with Crippen molar-refractivity contribution in [2.45, 2.75) is 45.8 Å². The van der Waals surface area contributed by atoms with E-state index in [9.17, 15) is 19.6 Å². The second-order valence-corrected chi connectivity index (χ2v) is 10.9. The summed E-state index contributed by atoms with van der Waals surface area (Å²) < 4.78 is 27.0. The van der Waals surface area contributed by atoms with Crippen LogP contribution >= 0.6 is 0 Å². The Kier molecular flexibility index (Phi) is 11.0. The van der Waals surface area contributed by atoms with Crippen molar-refractivity contribution in [2.24, 2.45) is 0 Å². The highest BCUT2D eigenvalue weighted by Crippen LogP contribution is 2.34. The number of carbonyl (C=O) groups is 2. The zero-order chi connectivity index (χ0) is 35.9. The van der Waals surface area contributed by atoms with Crippen molar-refractivity contribution >= 4 is 48.7 Å². The maximum Gasteiger partial charge on any atom is 0.492 e. The highest BCUT2D eigenvalue weighted by atomic mass is 16.6. The molecule has 0 amide bonds. The van der Waals surface area contributed by atoms with Crippen LogP contribution in [-0.2, 0) is 23.6 Å². The first-order valence-corrected chi connectivity index (χ1v) is 15.1. The minimum absolute atomic E-state index is 0.0303. The number of esters is 1. The summed E-state index contributed by atoms with van der Waals surface area (Å²) in [5.41, 5.74) is 3.99. The SMILES string of the molecule is [C-]#[N+]c1cnc(Oc2cc(C)c3c(c2)B(O)OC3CC(=O)O)cn1.[C-]#[N+]c1cnc(Oc2cc(C)c3c(c2)B(O)OC3CC(=O)OCC)cn1. The van der Waals surface area contributed by atoms with Crippen molar-refractivity contribution in [3.63, 3.8) is 0 Å². The fraction of sp³-hybridized carbons (Fsp3) is 0.250. The van der Waals surface area contributed by atoms with Gasteiger partial charge >= 0.3 is 26.2 Å². The van der Waals surface area contributed by atoms with Gasteiger partial charge in [0.15, 0.2) is 12.4 Å². The molecule has 0 saturated heterocycles. The Bertz CT molecular complexity index is 1990. The quantitative estimate of drug-likeness (QED) is 0.132. The molecule has 0 bridgehead atoms. The monoisotopic (exact) mass is 678 g/mol. The van der Waals surface area contributed by atoms with E-state index >= 15 is 0 Å². The molecule has 0 spiro atoms. The summed E-state index contributed by atoms with van der Waals surface area (Å²) in [4.78, 5) is 44.7. The summed E-state index contributed by atoms with van der Waals surface area (Å²) in [7, 11) is -2.36. The molecule has 50 heavy (non-hydrogen) atoms. The number of fused-ring (bicyclic) bond motifs is 2. The van der Waals surface area contributed by atoms with Gasteiger partial charge in [-0.2, -0.15) is 0 Å². The molecule has 2 aliphatic heterocycles. The molecule has 0 radical (unpaired) electrons. The lowest BCUT2D eigenvalue weighted by molar-refractivity contribution is -0.145. The van der Waals surface area contributed by atoms with E-state index in [1.54, 1.807) is 38.1 Å². The molecule has 2 aliphatic rings. The Hall–Kier alpha value is -5.91. The van der Waals surface area contributed by atoms with Crippen molar-refractivity contribution in [3.8, 4) is 23.3 Å². The molecule has 2 atom stereocenters. The Morgan fingerprint density at radius 2 is 1.24 bits per heavy atom. The van der Waals surface area contributed by atoms with E-state index < -0.39 is 32.4 Å². The van der Waals surface area contributed by atoms with Gasteiger partial charge in [-0.05, 0) is 78.2 Å². The highest BCUT2D eigenvalue weighted by Gasteiger charge is 2.39. The Balaban J connectivity index is 0.000000195. The van der Waals surface area contributed by atoms with Gasteiger partial charge in [-0.1, -0.05) is 13.1 Å². The van der Waals surface area contributed by atoms with E-state index in [1.807, 2.05) is 6.92 Å². The van der Waals surface area contributed by atoms with Crippen LogP contribution in [0.15, 0.2) is 49.1 Å². The topological polar surface area (TPSA) is 201 Å². The van der Waals surface area contributed by atoms with E-state index in [0.29, 0.717) is 34.6 Å². The highest BCUT2D eigenvalue weighted by molar-refractivity contribution is 6.62. The molecule has 0 saturated carbocycles. The number of aryl methyl sites for hydroxylation is 2. The van der Waals surface area contributed by atoms with Crippen molar-refractivity contribution in [3.05, 3.63) is 94.1 Å². The van der Waals surface area contributed by atoms with Gasteiger partial charge in [-0.15, -0.1) is 9.97 Å². The predicted octanol–water partition coefficient (Wildman–Crippen LogP) is 3.20. The average molecular weight is 678 g/mol. The Morgan fingerprint density at radius 3 is 1.62 bits per heavy atom. The lowest BCUT2D eigenvalue weighted by Gasteiger charge is -2.14. The van der Waals surface area contributed by atoms with Crippen LogP contribution in [0, 0.1) is 27.0 Å². The number of ether oxygens (including phenoxy) is 3. The van der Waals surface area contributed by atoms with E-state index in [0.717, 1.165) is 16.7 Å². The molecule has 18 heteroatoms. The van der Waals surface area contributed by atoms with Crippen LogP contribution in [0.1, 0.15) is 54.2 Å². The summed E-state index contributed by atoms with van der Waals surface area (Å²) in [5, 5.41) is 29.1. The van der Waals surface area contributed by atoms with Crippen molar-refractivity contribution < 1.29 is 48.3 Å². The van der Waals surface area contributed by atoms with Crippen LogP contribution in [-0.4, -0.2) is 67.9 Å². The maximum atomic E-state index is 11.7. The summed E-state index contributed by atoms with van der Waals surface area (Å²) in [6.45, 7) is 19.4. The summed E-state index contributed by atoms with van der Waals surface area (Å²) in [6.07, 6.45) is 3.84. The number of hydrogen-bond donors (Lipinski definition) is 3. The molecule has 4 aromatic rings. The standard InChI is InChI=1S/C17H16BN3O5.C15H12BN3O5/c1-4-24-16(22)7-13-17-10(2)5-11(6-12(17)18(23)26-13)25-15-9-20-14(19-3)8-21-15;1-8-3-9(23-13-7-18-12(17-2)6-19-13)4-10-15(8)11(5-14(20)21)24-16(10)22/h5-6,8-9,13,23H,4,7H2,1-2H3;3-4,6-7,11,22H,5H2,1H3,(H,20,21). The second kappa shape index (κ2) is 15.5. The molecule has 0 aliphatic carbocycles. The minimum Gasteiger partial charge on any atom is -0.481 e. The third-order valence-electron chi connectivity index (χ3n) is 7.47. The minimum atomic E-state index is -1.21. The molecular weight excluding hydrogens is 650 g/mol. The van der Waals surface area contributed by atoms with Crippen molar-refractivity contribution in [1.82, 2.24) is 19.9 Å². The number of hydrogen-bond acceptors (Lipinski definition) is 13. The molecule has 2 aromatic heterocycles. The molecule has 2 unspecified atom stereocenters. The van der Waals surface area contributed by atoms with Crippen molar-refractivity contribution in [2.75, 3.05) is 6.61 Å². The molecule has 4 heterocycles. The third-order valence-corrected chi connectivity index (χ3v) is 7.47. The lowest BCUT2D eigenvalue weighted by Crippen LogP contribution is -2.28. The summed E-state index contributed by atoms with van der Waals surface area (Å²) >= 11 is 0. The van der Waals surface area contributed by atoms with E-state index in [-0.39, 0.29) is 42.2 Å². The van der Waals surface area contributed by atoms with Crippen LogP contribution in [0.3, 0.4) is 0 Å². The van der Waals surface area contributed by atoms with Crippen molar-refractivity contribution in [1.29, 1.82) is 0 Å². The number of carbonyl (C=O) groups excluding carboxylic acids is 1. The Morgan fingerprint density at radius 1 is 0.780 bits per heavy atom. The second-order valence-electron chi connectivity index (χ2n) is 10.9. The number of benzene rings is 2. The Labute approximate surface area is 286 Å². The van der Waals surface area contributed by atoms with Crippen LogP contribution in [0.4, 0.5) is 11.6 Å². The molecule has 252 valence electrons. The first-order chi connectivity index (χ1) is 24.0. The molecule has 6 rings (SSSR count).